The van der Waals surface area contributed by atoms with Gasteiger partial charge in [0.2, 0.25) is 10.0 Å². The highest BCUT2D eigenvalue weighted by Gasteiger charge is 2.18. The molecule has 86 valence electrons. The van der Waals surface area contributed by atoms with E-state index in [-0.39, 0.29) is 10.6 Å². The lowest BCUT2D eigenvalue weighted by molar-refractivity contribution is 0.199. The summed E-state index contributed by atoms with van der Waals surface area (Å²) in [6, 6.07) is 0. The van der Waals surface area contributed by atoms with Crippen molar-refractivity contribution in [1.29, 1.82) is 0 Å². The number of hydrogen-bond donors (Lipinski definition) is 0. The van der Waals surface area contributed by atoms with Crippen LogP contribution >= 0.6 is 15.9 Å². The molecule has 0 aliphatic carbocycles. The molecule has 1 unspecified atom stereocenters. The van der Waals surface area contributed by atoms with Crippen LogP contribution < -0.4 is 0 Å². The number of alkyl halides is 1. The molecule has 0 aliphatic heterocycles. The fourth-order valence-electron chi connectivity index (χ4n) is 1.01. The minimum Gasteiger partial charge on any atom is -0.385 e. The van der Waals surface area contributed by atoms with E-state index < -0.39 is 10.0 Å². The van der Waals surface area contributed by atoms with Crippen molar-refractivity contribution in [2.45, 2.75) is 18.2 Å². The van der Waals surface area contributed by atoms with Gasteiger partial charge >= 0.3 is 0 Å². The van der Waals surface area contributed by atoms with E-state index in [1.54, 1.807) is 14.2 Å². The van der Waals surface area contributed by atoms with Crippen LogP contribution in [0.25, 0.3) is 0 Å². The number of nitrogens with zero attached hydrogens (tertiary/aromatic N) is 1. The minimum absolute atomic E-state index is 0.150. The van der Waals surface area contributed by atoms with Crippen LogP contribution in [0.5, 0.6) is 0 Å². The molecule has 0 rings (SSSR count). The lowest BCUT2D eigenvalue weighted by atomic mass is 10.5. The summed E-state index contributed by atoms with van der Waals surface area (Å²) in [6.07, 6.45) is 0.542. The Morgan fingerprint density at radius 3 is 2.50 bits per heavy atom. The maximum absolute atomic E-state index is 11.6. The van der Waals surface area contributed by atoms with Gasteiger partial charge in [0.15, 0.2) is 0 Å². The molecule has 0 N–H and O–H groups in total. The normalized spacial score (nSPS) is 14.6. The SMILES string of the molecule is COCCCS(=O)(=O)N(C)CC(C)Br. The number of rotatable bonds is 7. The highest BCUT2D eigenvalue weighted by atomic mass is 79.9. The van der Waals surface area contributed by atoms with Crippen molar-refractivity contribution < 1.29 is 13.2 Å². The summed E-state index contributed by atoms with van der Waals surface area (Å²) in [7, 11) is 0.0592. The molecule has 0 spiro atoms. The summed E-state index contributed by atoms with van der Waals surface area (Å²) in [5.74, 6) is 0.150. The fraction of sp³-hybridized carbons (Fsp3) is 1.00. The van der Waals surface area contributed by atoms with E-state index in [0.717, 1.165) is 0 Å². The van der Waals surface area contributed by atoms with E-state index in [4.69, 9.17) is 4.74 Å². The Balaban J connectivity index is 4.04. The standard InChI is InChI=1S/C8H18BrNO3S/c1-8(9)7-10(2)14(11,12)6-4-5-13-3/h8H,4-7H2,1-3H3. The van der Waals surface area contributed by atoms with Crippen LogP contribution in [0, 0.1) is 0 Å². The minimum atomic E-state index is -3.10. The molecule has 14 heavy (non-hydrogen) atoms. The van der Waals surface area contributed by atoms with Crippen molar-refractivity contribution in [3.05, 3.63) is 0 Å². The van der Waals surface area contributed by atoms with E-state index in [1.165, 1.54) is 4.31 Å². The monoisotopic (exact) mass is 287 g/mol. The lowest BCUT2D eigenvalue weighted by Gasteiger charge is -2.18. The van der Waals surface area contributed by atoms with Gasteiger partial charge in [-0.1, -0.05) is 22.9 Å². The number of methoxy groups -OCH3 is 1. The number of sulfonamides is 1. The van der Waals surface area contributed by atoms with Crippen molar-refractivity contribution in [2.75, 3.05) is 33.1 Å². The van der Waals surface area contributed by atoms with Gasteiger partial charge in [-0.25, -0.2) is 12.7 Å². The Hall–Kier alpha value is 0.350. The molecule has 1 atom stereocenters. The summed E-state index contributed by atoms with van der Waals surface area (Å²) in [5, 5.41) is 0. The van der Waals surface area contributed by atoms with Crippen molar-refractivity contribution in [3.63, 3.8) is 0 Å². The Kier molecular flexibility index (Phi) is 6.93. The Morgan fingerprint density at radius 2 is 2.07 bits per heavy atom. The van der Waals surface area contributed by atoms with E-state index >= 15 is 0 Å². The quantitative estimate of drug-likeness (QED) is 0.520. The molecule has 0 amide bonds. The summed E-state index contributed by atoms with van der Waals surface area (Å²) in [5.41, 5.74) is 0. The number of hydrogen-bond acceptors (Lipinski definition) is 3. The van der Waals surface area contributed by atoms with Gasteiger partial charge in [0.1, 0.15) is 0 Å². The van der Waals surface area contributed by atoms with Gasteiger partial charge < -0.3 is 4.74 Å². The van der Waals surface area contributed by atoms with Crippen molar-refractivity contribution >= 4 is 26.0 Å². The van der Waals surface area contributed by atoms with Crippen LogP contribution in [0.4, 0.5) is 0 Å². The summed E-state index contributed by atoms with van der Waals surface area (Å²) in [6.45, 7) is 2.90. The third-order valence-electron chi connectivity index (χ3n) is 1.73. The molecule has 0 aromatic rings. The van der Waals surface area contributed by atoms with Crippen LogP contribution in [0.3, 0.4) is 0 Å². The van der Waals surface area contributed by atoms with Crippen molar-refractivity contribution in [1.82, 2.24) is 4.31 Å². The van der Waals surface area contributed by atoms with Crippen LogP contribution in [0.15, 0.2) is 0 Å². The van der Waals surface area contributed by atoms with Gasteiger partial charge in [0.05, 0.1) is 5.75 Å². The van der Waals surface area contributed by atoms with Gasteiger partial charge in [-0.05, 0) is 6.42 Å². The van der Waals surface area contributed by atoms with Gasteiger partial charge in [0.25, 0.3) is 0 Å². The summed E-state index contributed by atoms with van der Waals surface area (Å²) in [4.78, 5) is 0.171. The summed E-state index contributed by atoms with van der Waals surface area (Å²) >= 11 is 3.32. The third kappa shape index (κ3) is 5.95. The molecule has 0 heterocycles. The van der Waals surface area contributed by atoms with Gasteiger partial charge in [-0.3, -0.25) is 0 Å². The molecule has 0 aliphatic rings. The molecule has 6 heteroatoms. The number of halogens is 1. The Bertz CT molecular complexity index is 241. The molecule has 4 nitrogen and oxygen atoms in total. The first-order valence-electron chi connectivity index (χ1n) is 4.47. The zero-order valence-electron chi connectivity index (χ0n) is 8.86. The molecular weight excluding hydrogens is 270 g/mol. The summed E-state index contributed by atoms with van der Waals surface area (Å²) < 4.78 is 29.4. The lowest BCUT2D eigenvalue weighted by Crippen LogP contribution is -2.33. The average molecular weight is 288 g/mol. The Morgan fingerprint density at radius 1 is 1.50 bits per heavy atom. The van der Waals surface area contributed by atoms with Crippen LogP contribution in [0.1, 0.15) is 13.3 Å². The van der Waals surface area contributed by atoms with Crippen LogP contribution in [-0.2, 0) is 14.8 Å². The predicted molar refractivity (Wildman–Crippen MR) is 61.3 cm³/mol. The number of ether oxygens (including phenoxy) is 1. The molecule has 0 radical (unpaired) electrons. The second-order valence-corrected chi connectivity index (χ2v) is 6.98. The van der Waals surface area contributed by atoms with Crippen LogP contribution in [0.2, 0.25) is 0 Å². The fourth-order valence-corrected chi connectivity index (χ4v) is 2.88. The zero-order chi connectivity index (χ0) is 11.2. The molecule has 0 aromatic carbocycles. The van der Waals surface area contributed by atoms with Crippen molar-refractivity contribution in [2.24, 2.45) is 0 Å². The maximum atomic E-state index is 11.6. The maximum Gasteiger partial charge on any atom is 0.213 e. The molecule has 0 fully saturated rings. The topological polar surface area (TPSA) is 46.6 Å². The van der Waals surface area contributed by atoms with Gasteiger partial charge in [-0.15, -0.1) is 0 Å². The highest BCUT2D eigenvalue weighted by Crippen LogP contribution is 2.06. The average Bonchev–Trinajstić information content (AvgIpc) is 2.03. The molecule has 0 saturated heterocycles. The predicted octanol–water partition coefficient (Wildman–Crippen LogP) is 1.07. The Labute approximate surface area is 94.8 Å². The van der Waals surface area contributed by atoms with E-state index in [0.29, 0.717) is 19.6 Å². The second kappa shape index (κ2) is 6.76. The first-order valence-corrected chi connectivity index (χ1v) is 6.99. The molecule has 0 bridgehead atoms. The molecule has 0 aromatic heterocycles. The van der Waals surface area contributed by atoms with Gasteiger partial charge in [0, 0.05) is 32.1 Å². The second-order valence-electron chi connectivity index (χ2n) is 3.22. The highest BCUT2D eigenvalue weighted by molar-refractivity contribution is 9.09. The van der Waals surface area contributed by atoms with Gasteiger partial charge in [-0.2, -0.15) is 0 Å². The third-order valence-corrected chi connectivity index (χ3v) is 3.93. The van der Waals surface area contributed by atoms with E-state index in [1.807, 2.05) is 6.92 Å². The van der Waals surface area contributed by atoms with Crippen molar-refractivity contribution in [3.8, 4) is 0 Å². The smallest absolute Gasteiger partial charge is 0.213 e. The first kappa shape index (κ1) is 14.3. The first-order chi connectivity index (χ1) is 6.40. The molecule has 0 saturated carbocycles. The zero-order valence-corrected chi connectivity index (χ0v) is 11.3. The largest absolute Gasteiger partial charge is 0.385 e. The molecular formula is C8H18BrNO3S. The van der Waals surface area contributed by atoms with E-state index in [2.05, 4.69) is 15.9 Å². The van der Waals surface area contributed by atoms with Crippen LogP contribution in [-0.4, -0.2) is 50.6 Å². The van der Waals surface area contributed by atoms with E-state index in [9.17, 15) is 8.42 Å².